The fourth-order valence-electron chi connectivity index (χ4n) is 2.66. The quantitative estimate of drug-likeness (QED) is 0.328. The Labute approximate surface area is 167 Å². The summed E-state index contributed by atoms with van der Waals surface area (Å²) in [6, 6.07) is 0. The molecule has 1 atom stereocenters. The monoisotopic (exact) mass is 388 g/mol. The van der Waals surface area contributed by atoms with E-state index in [4.69, 9.17) is 14.2 Å². The lowest BCUT2D eigenvalue weighted by Crippen LogP contribution is -2.50. The Kier molecular flexibility index (Phi) is 10.7. The molecule has 5 nitrogen and oxygen atoms in total. The molecule has 0 saturated carbocycles. The van der Waals surface area contributed by atoms with Crippen LogP contribution in [-0.4, -0.2) is 60.1 Å². The molecular formula is C22H44O5. The molecule has 0 radical (unpaired) electrons. The summed E-state index contributed by atoms with van der Waals surface area (Å²) in [6.45, 7) is 21.9. The number of aliphatic hydroxyl groups excluding tert-OH is 1. The van der Waals surface area contributed by atoms with Gasteiger partial charge in [-0.3, -0.25) is 0 Å². The molecular weight excluding hydrogens is 344 g/mol. The first-order chi connectivity index (χ1) is 12.2. The van der Waals surface area contributed by atoms with Crippen LogP contribution < -0.4 is 0 Å². The van der Waals surface area contributed by atoms with Gasteiger partial charge in [-0.2, -0.15) is 0 Å². The average Bonchev–Trinajstić information content (AvgIpc) is 2.48. The zero-order valence-corrected chi connectivity index (χ0v) is 18.9. The van der Waals surface area contributed by atoms with Crippen LogP contribution in [0.25, 0.3) is 0 Å². The van der Waals surface area contributed by atoms with Crippen LogP contribution in [0, 0.1) is 11.3 Å². The summed E-state index contributed by atoms with van der Waals surface area (Å²) < 4.78 is 18.1. The van der Waals surface area contributed by atoms with E-state index in [1.807, 2.05) is 13.8 Å². The summed E-state index contributed by atoms with van der Waals surface area (Å²) in [5.74, 6) is 0.0903. The molecule has 5 heteroatoms. The molecule has 0 aromatic rings. The molecule has 0 aliphatic heterocycles. The van der Waals surface area contributed by atoms with Gasteiger partial charge in [-0.15, -0.1) is 6.58 Å². The fraction of sp³-hybridized carbons (Fsp3) is 0.909. The maximum atomic E-state index is 9.94. The van der Waals surface area contributed by atoms with Gasteiger partial charge in [-0.25, -0.2) is 0 Å². The molecule has 0 spiro atoms. The molecule has 27 heavy (non-hydrogen) atoms. The highest BCUT2D eigenvalue weighted by molar-refractivity contribution is 4.94. The lowest BCUT2D eigenvalue weighted by atomic mass is 9.68. The van der Waals surface area contributed by atoms with Crippen molar-refractivity contribution in [2.75, 3.05) is 33.0 Å². The van der Waals surface area contributed by atoms with Gasteiger partial charge in [0, 0.05) is 17.9 Å². The molecule has 0 aromatic heterocycles. The molecule has 0 aliphatic carbocycles. The second-order valence-electron chi connectivity index (χ2n) is 9.71. The third-order valence-corrected chi connectivity index (χ3v) is 5.69. The summed E-state index contributed by atoms with van der Waals surface area (Å²) in [6.07, 6.45) is 2.90. The van der Waals surface area contributed by atoms with Crippen LogP contribution in [-0.2, 0) is 14.2 Å². The number of hydrogen-bond acceptors (Lipinski definition) is 5. The van der Waals surface area contributed by atoms with Crippen molar-refractivity contribution in [1.29, 1.82) is 0 Å². The van der Waals surface area contributed by atoms with Crippen LogP contribution in [0.3, 0.4) is 0 Å². The van der Waals surface area contributed by atoms with Gasteiger partial charge in [0.15, 0.2) is 0 Å². The van der Waals surface area contributed by atoms with Gasteiger partial charge in [-0.1, -0.05) is 19.9 Å². The van der Waals surface area contributed by atoms with Crippen molar-refractivity contribution < 1.29 is 24.4 Å². The van der Waals surface area contributed by atoms with Crippen LogP contribution in [0.2, 0.25) is 0 Å². The van der Waals surface area contributed by atoms with E-state index in [0.717, 1.165) is 0 Å². The van der Waals surface area contributed by atoms with Crippen LogP contribution in [0.5, 0.6) is 0 Å². The van der Waals surface area contributed by atoms with E-state index in [1.165, 1.54) is 0 Å². The van der Waals surface area contributed by atoms with Crippen molar-refractivity contribution in [2.45, 2.75) is 85.0 Å². The minimum atomic E-state index is -0.746. The number of ether oxygens (including phenoxy) is 3. The maximum Gasteiger partial charge on any atom is 0.0681 e. The Morgan fingerprint density at radius 3 is 2.00 bits per heavy atom. The van der Waals surface area contributed by atoms with Crippen LogP contribution in [0.1, 0.15) is 68.2 Å². The molecule has 1 unspecified atom stereocenters. The Morgan fingerprint density at radius 1 is 0.926 bits per heavy atom. The van der Waals surface area contributed by atoms with Crippen LogP contribution in [0.15, 0.2) is 12.7 Å². The second kappa shape index (κ2) is 10.9. The highest BCUT2D eigenvalue weighted by atomic mass is 16.5. The van der Waals surface area contributed by atoms with E-state index in [9.17, 15) is 10.2 Å². The molecule has 0 aliphatic rings. The predicted octanol–water partition coefficient (Wildman–Crippen LogP) is 3.97. The Morgan fingerprint density at radius 2 is 1.52 bits per heavy atom. The van der Waals surface area contributed by atoms with Gasteiger partial charge in [0.25, 0.3) is 0 Å². The third-order valence-electron chi connectivity index (χ3n) is 5.69. The van der Waals surface area contributed by atoms with Gasteiger partial charge in [0.2, 0.25) is 0 Å². The van der Waals surface area contributed by atoms with E-state index in [-0.39, 0.29) is 17.9 Å². The van der Waals surface area contributed by atoms with E-state index >= 15 is 0 Å². The first-order valence-corrected chi connectivity index (χ1v) is 9.98. The normalized spacial score (nSPS) is 15.0. The van der Waals surface area contributed by atoms with Crippen molar-refractivity contribution in [3.63, 3.8) is 0 Å². The van der Waals surface area contributed by atoms with Crippen molar-refractivity contribution in [1.82, 2.24) is 0 Å². The molecule has 2 N–H and O–H groups in total. The summed E-state index contributed by atoms with van der Waals surface area (Å²) in [7, 11) is 0. The molecule has 0 saturated heterocycles. The zero-order valence-electron chi connectivity index (χ0n) is 18.9. The summed E-state index contributed by atoms with van der Waals surface area (Å²) in [4.78, 5) is 0. The van der Waals surface area contributed by atoms with Gasteiger partial charge >= 0.3 is 0 Å². The Bertz CT molecular complexity index is 421. The maximum absolute atomic E-state index is 9.94. The van der Waals surface area contributed by atoms with Gasteiger partial charge in [0.05, 0.1) is 43.2 Å². The lowest BCUT2D eigenvalue weighted by molar-refractivity contribution is -0.161. The summed E-state index contributed by atoms with van der Waals surface area (Å²) in [5.41, 5.74) is -1.83. The highest BCUT2D eigenvalue weighted by Crippen LogP contribution is 2.42. The Balaban J connectivity index is 5.17. The van der Waals surface area contributed by atoms with E-state index in [1.54, 1.807) is 19.9 Å². The minimum Gasteiger partial charge on any atom is -0.396 e. The topological polar surface area (TPSA) is 68.2 Å². The molecule has 0 amide bonds. The molecule has 0 fully saturated rings. The van der Waals surface area contributed by atoms with Crippen molar-refractivity contribution in [2.24, 2.45) is 11.3 Å². The average molecular weight is 389 g/mol. The summed E-state index contributed by atoms with van der Waals surface area (Å²) >= 11 is 0. The molecule has 162 valence electrons. The van der Waals surface area contributed by atoms with E-state index in [2.05, 4.69) is 34.3 Å². The number of aliphatic hydroxyl groups is 2. The number of rotatable bonds is 15. The van der Waals surface area contributed by atoms with Gasteiger partial charge in [0.1, 0.15) is 0 Å². The highest BCUT2D eigenvalue weighted by Gasteiger charge is 2.45. The smallest absolute Gasteiger partial charge is 0.0681 e. The standard InChI is InChI=1S/C22H44O5/c1-10-14-25-16-18(17-27-20(4,5)11-13-23)21(6,7)22(8,9)26-15-12-19(2,3)24/h10,18,23-24H,1,11-17H2,2-9H3. The lowest BCUT2D eigenvalue weighted by Gasteiger charge is -2.47. The molecule has 0 rings (SSSR count). The van der Waals surface area contributed by atoms with E-state index < -0.39 is 16.8 Å². The zero-order chi connectivity index (χ0) is 21.4. The fourth-order valence-corrected chi connectivity index (χ4v) is 2.66. The SMILES string of the molecule is C=CCOCC(COC(C)(C)CCO)C(C)(C)C(C)(C)OCCC(C)(C)O. The third kappa shape index (κ3) is 10.0. The van der Waals surface area contributed by atoms with Gasteiger partial charge in [-0.05, 0) is 54.4 Å². The van der Waals surface area contributed by atoms with Crippen molar-refractivity contribution in [3.8, 4) is 0 Å². The second-order valence-corrected chi connectivity index (χ2v) is 9.71. The van der Waals surface area contributed by atoms with Crippen molar-refractivity contribution >= 4 is 0 Å². The molecule has 0 heterocycles. The van der Waals surface area contributed by atoms with Crippen LogP contribution >= 0.6 is 0 Å². The number of hydrogen-bond donors (Lipinski definition) is 2. The van der Waals surface area contributed by atoms with Crippen LogP contribution in [0.4, 0.5) is 0 Å². The predicted molar refractivity (Wildman–Crippen MR) is 111 cm³/mol. The largest absolute Gasteiger partial charge is 0.396 e. The Hall–Kier alpha value is -0.460. The first-order valence-electron chi connectivity index (χ1n) is 9.98. The molecule has 0 aromatic carbocycles. The first kappa shape index (κ1) is 26.5. The van der Waals surface area contributed by atoms with Gasteiger partial charge < -0.3 is 24.4 Å². The molecule has 0 bridgehead atoms. The van der Waals surface area contributed by atoms with E-state index in [0.29, 0.717) is 39.3 Å². The van der Waals surface area contributed by atoms with Crippen molar-refractivity contribution in [3.05, 3.63) is 12.7 Å². The summed E-state index contributed by atoms with van der Waals surface area (Å²) in [5, 5.41) is 19.2. The minimum absolute atomic E-state index is 0.0903.